The SMILES string of the molecule is C=C(CC[C@@H](C)[C@H]1CC[C@@H]2[C@]1(C)CC[C@H]1[C@]23CC[C@]2(C[C@@H](O)CC[C@]12C)OO3)C(C)C. The topological polar surface area (TPSA) is 38.7 Å². The van der Waals surface area contributed by atoms with E-state index in [1.807, 2.05) is 0 Å². The van der Waals surface area contributed by atoms with Gasteiger partial charge in [0.1, 0.15) is 11.2 Å². The fourth-order valence-corrected chi connectivity index (χ4v) is 9.59. The van der Waals surface area contributed by atoms with Crippen LogP contribution in [0.4, 0.5) is 0 Å². The molecule has 0 aromatic carbocycles. The molecule has 4 saturated carbocycles. The molecular formula is C28H46O3. The number of hydrogen-bond donors (Lipinski definition) is 1. The average molecular weight is 431 g/mol. The first-order valence-electron chi connectivity index (χ1n) is 13.3. The van der Waals surface area contributed by atoms with E-state index < -0.39 is 0 Å². The van der Waals surface area contributed by atoms with Gasteiger partial charge in [-0.1, -0.05) is 46.8 Å². The van der Waals surface area contributed by atoms with Gasteiger partial charge >= 0.3 is 0 Å². The van der Waals surface area contributed by atoms with Crippen molar-refractivity contribution in [1.82, 2.24) is 0 Å². The molecule has 2 saturated heterocycles. The van der Waals surface area contributed by atoms with Gasteiger partial charge in [0.2, 0.25) is 0 Å². The van der Waals surface area contributed by atoms with Gasteiger partial charge < -0.3 is 5.11 Å². The maximum atomic E-state index is 10.4. The van der Waals surface area contributed by atoms with Crippen LogP contribution in [-0.2, 0) is 9.78 Å². The van der Waals surface area contributed by atoms with E-state index in [-0.39, 0.29) is 22.7 Å². The second kappa shape index (κ2) is 7.31. The summed E-state index contributed by atoms with van der Waals surface area (Å²) in [4.78, 5) is 12.9. The van der Waals surface area contributed by atoms with Crippen LogP contribution in [0.2, 0.25) is 0 Å². The summed E-state index contributed by atoms with van der Waals surface area (Å²) in [7, 11) is 0. The molecule has 0 aromatic rings. The molecule has 0 unspecified atom stereocenters. The molecule has 2 heterocycles. The first-order valence-corrected chi connectivity index (χ1v) is 13.3. The van der Waals surface area contributed by atoms with Crippen LogP contribution >= 0.6 is 0 Å². The van der Waals surface area contributed by atoms with Crippen molar-refractivity contribution in [3.63, 3.8) is 0 Å². The highest BCUT2D eigenvalue weighted by molar-refractivity contribution is 5.22. The maximum Gasteiger partial charge on any atom is 0.112 e. The predicted molar refractivity (Wildman–Crippen MR) is 124 cm³/mol. The second-order valence-corrected chi connectivity index (χ2v) is 13.1. The summed E-state index contributed by atoms with van der Waals surface area (Å²) in [6.45, 7) is 16.5. The van der Waals surface area contributed by atoms with E-state index >= 15 is 0 Å². The van der Waals surface area contributed by atoms with Gasteiger partial charge in [-0.25, -0.2) is 9.78 Å². The molecule has 0 radical (unpaired) electrons. The van der Waals surface area contributed by atoms with Crippen LogP contribution in [0.1, 0.15) is 105 Å². The van der Waals surface area contributed by atoms with Crippen LogP contribution < -0.4 is 0 Å². The zero-order valence-electron chi connectivity index (χ0n) is 20.7. The molecule has 6 fully saturated rings. The molecule has 31 heavy (non-hydrogen) atoms. The lowest BCUT2D eigenvalue weighted by atomic mass is 9.40. The zero-order valence-corrected chi connectivity index (χ0v) is 20.7. The Morgan fingerprint density at radius 2 is 1.74 bits per heavy atom. The minimum absolute atomic E-state index is 0.0954. The lowest BCUT2D eigenvalue weighted by Crippen LogP contribution is -2.75. The van der Waals surface area contributed by atoms with Gasteiger partial charge in [-0.05, 0) is 99.2 Å². The molecule has 0 amide bonds. The molecular weight excluding hydrogens is 384 g/mol. The van der Waals surface area contributed by atoms with Crippen molar-refractivity contribution in [2.75, 3.05) is 0 Å². The van der Waals surface area contributed by atoms with Crippen LogP contribution in [0.5, 0.6) is 0 Å². The standard InChI is InChI=1S/C28H46O3/c1-18(2)19(3)7-8-20(4)22-9-10-23-25(22,5)13-12-24-26(6)14-11-21(29)17-27(26)15-16-28(23,24)31-30-27/h18,20-24,29H,3,7-17H2,1-2,4-6H3/t20-,21+,22-,23-,24-,25-,26-,27-,28+/m1/s1. The third-order valence-electron chi connectivity index (χ3n) is 11.6. The Kier molecular flexibility index (Phi) is 5.28. The number of aliphatic hydroxyl groups excluding tert-OH is 1. The van der Waals surface area contributed by atoms with E-state index in [1.54, 1.807) is 0 Å². The number of allylic oxidation sites excluding steroid dienone is 1. The Labute approximate surface area is 190 Å². The third kappa shape index (κ3) is 2.94. The van der Waals surface area contributed by atoms with Gasteiger partial charge in [0.15, 0.2) is 0 Å². The van der Waals surface area contributed by atoms with Gasteiger partial charge in [0.05, 0.1) is 6.10 Å². The van der Waals surface area contributed by atoms with Gasteiger partial charge in [-0.15, -0.1) is 0 Å². The molecule has 2 aliphatic heterocycles. The second-order valence-electron chi connectivity index (χ2n) is 13.1. The van der Waals surface area contributed by atoms with E-state index in [1.165, 1.54) is 44.1 Å². The Morgan fingerprint density at radius 3 is 2.42 bits per heavy atom. The molecule has 176 valence electrons. The molecule has 3 heteroatoms. The van der Waals surface area contributed by atoms with E-state index in [0.29, 0.717) is 23.2 Å². The Balaban J connectivity index is 1.39. The highest BCUT2D eigenvalue weighted by Gasteiger charge is 2.75. The van der Waals surface area contributed by atoms with Gasteiger partial charge in [0.25, 0.3) is 0 Å². The summed E-state index contributed by atoms with van der Waals surface area (Å²) < 4.78 is 0. The van der Waals surface area contributed by atoms with Crippen LogP contribution in [0.15, 0.2) is 12.2 Å². The minimum Gasteiger partial charge on any atom is -0.393 e. The largest absolute Gasteiger partial charge is 0.393 e. The Hall–Kier alpha value is -0.380. The summed E-state index contributed by atoms with van der Waals surface area (Å²) in [5, 5.41) is 10.4. The third-order valence-corrected chi connectivity index (χ3v) is 11.6. The van der Waals surface area contributed by atoms with Crippen molar-refractivity contribution >= 4 is 0 Å². The molecule has 2 bridgehead atoms. The van der Waals surface area contributed by atoms with Crippen LogP contribution in [0, 0.1) is 40.4 Å². The minimum atomic E-state index is -0.257. The number of rotatable bonds is 5. The van der Waals surface area contributed by atoms with E-state index in [9.17, 15) is 5.11 Å². The summed E-state index contributed by atoms with van der Waals surface area (Å²) in [6.07, 6.45) is 12.4. The first kappa shape index (κ1) is 22.4. The van der Waals surface area contributed by atoms with Gasteiger partial charge in [-0.2, -0.15) is 0 Å². The number of aliphatic hydroxyl groups is 1. The normalized spacial score (nSPS) is 51.8. The van der Waals surface area contributed by atoms with Crippen molar-refractivity contribution < 1.29 is 14.9 Å². The van der Waals surface area contributed by atoms with Crippen molar-refractivity contribution in [2.24, 2.45) is 40.4 Å². The molecule has 3 nitrogen and oxygen atoms in total. The summed E-state index contributed by atoms with van der Waals surface area (Å²) in [5.74, 6) is 3.32. The molecule has 0 aromatic heterocycles. The highest BCUT2D eigenvalue weighted by atomic mass is 17.2. The van der Waals surface area contributed by atoms with E-state index in [0.717, 1.165) is 43.9 Å². The lowest BCUT2D eigenvalue weighted by molar-refractivity contribution is -0.536. The molecule has 2 spiro atoms. The molecule has 6 rings (SSSR count). The fourth-order valence-electron chi connectivity index (χ4n) is 9.59. The van der Waals surface area contributed by atoms with E-state index in [2.05, 4.69) is 41.2 Å². The molecule has 4 aliphatic carbocycles. The van der Waals surface area contributed by atoms with Crippen LogP contribution in [0.3, 0.4) is 0 Å². The smallest absolute Gasteiger partial charge is 0.112 e. The van der Waals surface area contributed by atoms with Crippen molar-refractivity contribution in [3.8, 4) is 0 Å². The van der Waals surface area contributed by atoms with Gasteiger partial charge in [-0.3, -0.25) is 0 Å². The zero-order chi connectivity index (χ0) is 22.2. The maximum absolute atomic E-state index is 10.4. The number of hydrogen-bond acceptors (Lipinski definition) is 3. The quantitative estimate of drug-likeness (QED) is 0.383. The monoisotopic (exact) mass is 430 g/mol. The summed E-state index contributed by atoms with van der Waals surface area (Å²) >= 11 is 0. The average Bonchev–Trinajstić information content (AvgIpc) is 3.09. The Morgan fingerprint density at radius 1 is 0.968 bits per heavy atom. The van der Waals surface area contributed by atoms with Crippen LogP contribution in [0.25, 0.3) is 0 Å². The molecule has 1 N–H and O–H groups in total. The lowest BCUT2D eigenvalue weighted by Gasteiger charge is -2.72. The Bertz CT molecular complexity index is 720. The molecule has 6 aliphatic rings. The number of fused-ring (bicyclic) bond motifs is 3. The van der Waals surface area contributed by atoms with Crippen molar-refractivity contribution in [1.29, 1.82) is 0 Å². The van der Waals surface area contributed by atoms with Crippen molar-refractivity contribution in [2.45, 2.75) is 123 Å². The summed E-state index contributed by atoms with van der Waals surface area (Å²) in [5.41, 5.74) is 1.58. The summed E-state index contributed by atoms with van der Waals surface area (Å²) in [6, 6.07) is 0. The van der Waals surface area contributed by atoms with Crippen LogP contribution in [-0.4, -0.2) is 22.4 Å². The van der Waals surface area contributed by atoms with Gasteiger partial charge in [0, 0.05) is 11.8 Å². The predicted octanol–water partition coefficient (Wildman–Crippen LogP) is 6.84. The van der Waals surface area contributed by atoms with Crippen molar-refractivity contribution in [3.05, 3.63) is 12.2 Å². The van der Waals surface area contributed by atoms with E-state index in [4.69, 9.17) is 9.78 Å². The first-order chi connectivity index (χ1) is 14.6. The highest BCUT2D eigenvalue weighted by Crippen LogP contribution is 2.74. The molecule has 9 atom stereocenters. The fraction of sp³-hybridized carbons (Fsp3) is 0.929.